The number of alkyl halides is 3. The summed E-state index contributed by atoms with van der Waals surface area (Å²) in [6.07, 6.45) is -3.57. The summed E-state index contributed by atoms with van der Waals surface area (Å²) in [5, 5.41) is 1.91. The molecular formula is C11H9F3O2S. The Hall–Kier alpha value is -1.48. The molecule has 0 aliphatic carbocycles. The summed E-state index contributed by atoms with van der Waals surface area (Å²) in [6, 6.07) is 3.03. The van der Waals surface area contributed by atoms with Crippen molar-refractivity contribution >= 4 is 9.84 Å². The van der Waals surface area contributed by atoms with Crippen LogP contribution in [0.2, 0.25) is 0 Å². The summed E-state index contributed by atoms with van der Waals surface area (Å²) in [6.45, 7) is 1.56. The van der Waals surface area contributed by atoms with E-state index in [1.54, 1.807) is 6.92 Å². The maximum absolute atomic E-state index is 12.4. The van der Waals surface area contributed by atoms with Gasteiger partial charge in [0, 0.05) is 10.8 Å². The van der Waals surface area contributed by atoms with Gasteiger partial charge in [0.2, 0.25) is 9.84 Å². The largest absolute Gasteiger partial charge is 0.416 e. The Morgan fingerprint density at radius 1 is 1.24 bits per heavy atom. The fourth-order valence-corrected chi connectivity index (χ4v) is 1.38. The second-order valence-electron chi connectivity index (χ2n) is 3.53. The van der Waals surface area contributed by atoms with Gasteiger partial charge in [-0.25, -0.2) is 8.42 Å². The maximum Gasteiger partial charge on any atom is 0.416 e. The van der Waals surface area contributed by atoms with Crippen molar-refractivity contribution in [2.75, 3.05) is 6.26 Å². The minimum absolute atomic E-state index is 0.0604. The summed E-state index contributed by atoms with van der Waals surface area (Å²) in [7, 11) is -3.53. The first-order chi connectivity index (χ1) is 7.59. The van der Waals surface area contributed by atoms with Crippen LogP contribution in [0.5, 0.6) is 0 Å². The summed E-state index contributed by atoms with van der Waals surface area (Å²) in [5.41, 5.74) is -0.291. The van der Waals surface area contributed by atoms with E-state index < -0.39 is 21.6 Å². The predicted molar refractivity (Wildman–Crippen MR) is 57.9 cm³/mol. The van der Waals surface area contributed by atoms with Crippen molar-refractivity contribution in [3.8, 4) is 11.2 Å². The fraction of sp³-hybridized carbons (Fsp3) is 0.273. The van der Waals surface area contributed by atoms with E-state index in [1.165, 1.54) is 6.07 Å². The minimum atomic E-state index is -4.46. The van der Waals surface area contributed by atoms with Crippen LogP contribution in [0, 0.1) is 18.1 Å². The average molecular weight is 262 g/mol. The Balaban J connectivity index is 3.29. The number of aryl methyl sites for hydroxylation is 1. The van der Waals surface area contributed by atoms with Gasteiger partial charge in [-0.2, -0.15) is 13.2 Å². The highest BCUT2D eigenvalue weighted by atomic mass is 32.2. The summed E-state index contributed by atoms with van der Waals surface area (Å²) < 4.78 is 58.8. The van der Waals surface area contributed by atoms with Crippen molar-refractivity contribution in [2.45, 2.75) is 13.1 Å². The van der Waals surface area contributed by atoms with Gasteiger partial charge in [-0.15, -0.1) is 0 Å². The molecule has 2 nitrogen and oxygen atoms in total. The van der Waals surface area contributed by atoms with E-state index >= 15 is 0 Å². The standard InChI is InChI=1S/C11H9F3O2S/c1-8-3-4-10(11(12,13)14)7-9(8)5-6-17(2,15)16/h3-4,7H,1-2H3. The molecule has 0 unspecified atom stereocenters. The van der Waals surface area contributed by atoms with Crippen LogP contribution in [0.15, 0.2) is 18.2 Å². The lowest BCUT2D eigenvalue weighted by molar-refractivity contribution is -0.137. The summed E-state index contributed by atoms with van der Waals surface area (Å²) >= 11 is 0. The van der Waals surface area contributed by atoms with E-state index in [4.69, 9.17) is 0 Å². The highest BCUT2D eigenvalue weighted by molar-refractivity contribution is 7.95. The monoisotopic (exact) mass is 262 g/mol. The molecule has 17 heavy (non-hydrogen) atoms. The summed E-state index contributed by atoms with van der Waals surface area (Å²) in [4.78, 5) is 0. The smallest absolute Gasteiger partial charge is 0.216 e. The number of sulfone groups is 1. The first kappa shape index (κ1) is 13.6. The number of benzene rings is 1. The van der Waals surface area contributed by atoms with E-state index in [2.05, 4.69) is 5.92 Å². The van der Waals surface area contributed by atoms with Crippen LogP contribution in [0.25, 0.3) is 0 Å². The molecular weight excluding hydrogens is 253 g/mol. The molecule has 0 atom stereocenters. The second kappa shape index (κ2) is 4.41. The van der Waals surface area contributed by atoms with Gasteiger partial charge in [-0.3, -0.25) is 0 Å². The first-order valence-electron chi connectivity index (χ1n) is 4.50. The highest BCUT2D eigenvalue weighted by Crippen LogP contribution is 2.30. The van der Waals surface area contributed by atoms with Gasteiger partial charge in [0.1, 0.15) is 0 Å². The normalized spacial score (nSPS) is 11.8. The number of hydrogen-bond acceptors (Lipinski definition) is 2. The van der Waals surface area contributed by atoms with Gasteiger partial charge in [0.25, 0.3) is 0 Å². The molecule has 92 valence electrons. The van der Waals surface area contributed by atoms with Crippen LogP contribution in [0.1, 0.15) is 16.7 Å². The Morgan fingerprint density at radius 2 is 1.82 bits per heavy atom. The molecule has 0 aromatic heterocycles. The van der Waals surface area contributed by atoms with Crippen molar-refractivity contribution in [3.05, 3.63) is 34.9 Å². The third kappa shape index (κ3) is 4.11. The zero-order valence-corrected chi connectivity index (χ0v) is 9.91. The third-order valence-electron chi connectivity index (χ3n) is 1.94. The van der Waals surface area contributed by atoms with Crippen LogP contribution in [-0.2, 0) is 16.0 Å². The van der Waals surface area contributed by atoms with Gasteiger partial charge in [-0.1, -0.05) is 6.07 Å². The number of halogens is 3. The van der Waals surface area contributed by atoms with Gasteiger partial charge in [0.05, 0.1) is 11.8 Å². The quantitative estimate of drug-likeness (QED) is 0.673. The van der Waals surface area contributed by atoms with E-state index in [-0.39, 0.29) is 5.56 Å². The molecule has 1 aromatic carbocycles. The second-order valence-corrected chi connectivity index (χ2v) is 5.28. The van der Waals surface area contributed by atoms with Crippen LogP contribution >= 0.6 is 0 Å². The van der Waals surface area contributed by atoms with Gasteiger partial charge < -0.3 is 0 Å². The molecule has 0 saturated carbocycles. The van der Waals surface area contributed by atoms with Gasteiger partial charge in [-0.05, 0) is 30.5 Å². The molecule has 1 rings (SSSR count). The molecule has 0 spiro atoms. The molecule has 0 fully saturated rings. The van der Waals surface area contributed by atoms with Crippen LogP contribution < -0.4 is 0 Å². The van der Waals surface area contributed by atoms with Crippen molar-refractivity contribution in [1.82, 2.24) is 0 Å². The van der Waals surface area contributed by atoms with Crippen molar-refractivity contribution < 1.29 is 21.6 Å². The molecule has 0 bridgehead atoms. The Labute approximate surface area is 97.4 Å². The lowest BCUT2D eigenvalue weighted by atomic mass is 10.1. The molecule has 0 aliphatic rings. The summed E-state index contributed by atoms with van der Waals surface area (Å²) in [5.74, 6) is 2.23. The minimum Gasteiger partial charge on any atom is -0.216 e. The predicted octanol–water partition coefficient (Wildman–Crippen LogP) is 2.37. The molecule has 0 radical (unpaired) electrons. The van der Waals surface area contributed by atoms with E-state index in [0.29, 0.717) is 5.56 Å². The van der Waals surface area contributed by atoms with E-state index in [1.807, 2.05) is 5.25 Å². The number of hydrogen-bond donors (Lipinski definition) is 0. The van der Waals surface area contributed by atoms with Crippen molar-refractivity contribution in [2.24, 2.45) is 0 Å². The third-order valence-corrected chi connectivity index (χ3v) is 2.41. The molecule has 0 heterocycles. The van der Waals surface area contributed by atoms with Crippen LogP contribution in [0.4, 0.5) is 13.2 Å². The molecule has 0 N–H and O–H groups in total. The fourth-order valence-electron chi connectivity index (χ4n) is 1.08. The topological polar surface area (TPSA) is 34.1 Å². The SMILES string of the molecule is Cc1ccc(C(F)(F)F)cc1C#CS(C)(=O)=O. The van der Waals surface area contributed by atoms with E-state index in [9.17, 15) is 21.6 Å². The Morgan fingerprint density at radius 3 is 2.29 bits per heavy atom. The molecule has 1 aromatic rings. The highest BCUT2D eigenvalue weighted by Gasteiger charge is 2.30. The molecule has 0 amide bonds. The van der Waals surface area contributed by atoms with E-state index in [0.717, 1.165) is 18.4 Å². The Bertz CT molecular complexity index is 589. The zero-order chi connectivity index (χ0) is 13.3. The van der Waals surface area contributed by atoms with Gasteiger partial charge >= 0.3 is 6.18 Å². The zero-order valence-electron chi connectivity index (χ0n) is 9.09. The van der Waals surface area contributed by atoms with Gasteiger partial charge in [0.15, 0.2) is 0 Å². The van der Waals surface area contributed by atoms with Crippen molar-refractivity contribution in [1.29, 1.82) is 0 Å². The number of rotatable bonds is 0. The molecule has 6 heteroatoms. The molecule has 0 aliphatic heterocycles. The average Bonchev–Trinajstić information content (AvgIpc) is 2.13. The van der Waals surface area contributed by atoms with Crippen molar-refractivity contribution in [3.63, 3.8) is 0 Å². The lowest BCUT2D eigenvalue weighted by Crippen LogP contribution is -2.05. The lowest BCUT2D eigenvalue weighted by Gasteiger charge is -2.07. The maximum atomic E-state index is 12.4. The van der Waals surface area contributed by atoms with Crippen LogP contribution in [-0.4, -0.2) is 14.7 Å². The molecule has 0 saturated heterocycles. The first-order valence-corrected chi connectivity index (χ1v) is 6.39. The van der Waals surface area contributed by atoms with Crippen LogP contribution in [0.3, 0.4) is 0 Å². The Kier molecular flexibility index (Phi) is 3.53.